The van der Waals surface area contributed by atoms with Crippen molar-refractivity contribution in [3.05, 3.63) is 84.1 Å². The number of nitrogens with one attached hydrogen (secondary N) is 2. The number of amides is 1. The number of rotatable bonds is 12. The number of hydrogen-bond donors (Lipinski definition) is 4. The summed E-state index contributed by atoms with van der Waals surface area (Å²) in [6, 6.07) is 18.2. The Bertz CT molecular complexity index is 1640. The number of pyridine rings is 1. The third-order valence-corrected chi connectivity index (χ3v) is 6.33. The lowest BCUT2D eigenvalue weighted by atomic mass is 10.0. The minimum Gasteiger partial charge on any atom is -0.490 e. The maximum Gasteiger partial charge on any atom is 0.380 e. The maximum atomic E-state index is 13.7. The summed E-state index contributed by atoms with van der Waals surface area (Å²) in [6.07, 6.45) is 1.56. The van der Waals surface area contributed by atoms with E-state index in [1.807, 2.05) is 45.0 Å². The van der Waals surface area contributed by atoms with Crippen molar-refractivity contribution in [2.24, 2.45) is 5.14 Å². The van der Waals surface area contributed by atoms with Gasteiger partial charge in [-0.15, -0.1) is 0 Å². The van der Waals surface area contributed by atoms with Crippen LogP contribution >= 0.6 is 0 Å². The summed E-state index contributed by atoms with van der Waals surface area (Å²) in [6.45, 7) is 6.24. The van der Waals surface area contributed by atoms with Crippen LogP contribution in [0.4, 0.5) is 11.5 Å². The number of nitrogens with zero attached hydrogens (tertiary/aromatic N) is 1. The number of anilines is 2. The summed E-state index contributed by atoms with van der Waals surface area (Å²) in [5.41, 5.74) is 7.95. The molecule has 0 saturated carbocycles. The number of benzene rings is 3. The Labute approximate surface area is 239 Å². The second-order valence-corrected chi connectivity index (χ2v) is 10.6. The van der Waals surface area contributed by atoms with Gasteiger partial charge in [0.25, 0.3) is 0 Å². The van der Waals surface area contributed by atoms with E-state index in [4.69, 9.17) is 24.5 Å². The Balaban J connectivity index is 1.64. The quantitative estimate of drug-likeness (QED) is 0.193. The van der Waals surface area contributed by atoms with Gasteiger partial charge in [-0.1, -0.05) is 18.2 Å². The molecule has 4 rings (SSSR count). The van der Waals surface area contributed by atoms with Crippen LogP contribution in [0.25, 0.3) is 10.8 Å². The number of hydrogen-bond acceptors (Lipinski definition) is 9. The highest BCUT2D eigenvalue weighted by Gasteiger charge is 2.23. The lowest BCUT2D eigenvalue weighted by Gasteiger charge is -2.22. The molecular formula is C29H33N5O6S. The first kappa shape index (κ1) is 29.4. The van der Waals surface area contributed by atoms with Crippen molar-refractivity contribution in [2.45, 2.75) is 39.5 Å². The van der Waals surface area contributed by atoms with E-state index in [2.05, 4.69) is 15.6 Å². The summed E-state index contributed by atoms with van der Waals surface area (Å²) in [4.78, 5) is 17.8. The van der Waals surface area contributed by atoms with Crippen LogP contribution in [0.3, 0.4) is 0 Å². The van der Waals surface area contributed by atoms with Crippen LogP contribution < -0.4 is 35.2 Å². The average Bonchev–Trinajstić information content (AvgIpc) is 2.91. The van der Waals surface area contributed by atoms with Crippen LogP contribution in [0.15, 0.2) is 72.9 Å². The van der Waals surface area contributed by atoms with E-state index in [0.717, 1.165) is 10.8 Å². The molecule has 0 spiro atoms. The second kappa shape index (κ2) is 12.7. The van der Waals surface area contributed by atoms with Gasteiger partial charge in [0.2, 0.25) is 5.91 Å². The molecule has 0 aliphatic rings. The third-order valence-electron chi connectivity index (χ3n) is 5.91. The monoisotopic (exact) mass is 579 g/mol. The molecule has 11 nitrogen and oxygen atoms in total. The number of aromatic nitrogens is 1. The van der Waals surface area contributed by atoms with Crippen LogP contribution in [-0.4, -0.2) is 32.0 Å². The fourth-order valence-electron chi connectivity index (χ4n) is 4.21. The van der Waals surface area contributed by atoms with E-state index >= 15 is 0 Å². The topological polar surface area (TPSA) is 168 Å². The Hall–Kier alpha value is -4.55. The van der Waals surface area contributed by atoms with Crippen molar-refractivity contribution in [2.75, 3.05) is 17.7 Å². The minimum absolute atomic E-state index is 0.0425. The summed E-state index contributed by atoms with van der Waals surface area (Å²) in [5.74, 6) is 1.21. The molecule has 0 aliphatic heterocycles. The van der Waals surface area contributed by atoms with Gasteiger partial charge in [-0.25, -0.2) is 4.98 Å². The Morgan fingerprint density at radius 2 is 1.83 bits per heavy atom. The Morgan fingerprint density at radius 3 is 2.56 bits per heavy atom. The highest BCUT2D eigenvalue weighted by Crippen LogP contribution is 2.33. The molecule has 0 fully saturated rings. The average molecular weight is 580 g/mol. The van der Waals surface area contributed by atoms with Gasteiger partial charge in [0.15, 0.2) is 11.5 Å². The first-order valence-electron chi connectivity index (χ1n) is 13.0. The summed E-state index contributed by atoms with van der Waals surface area (Å²) < 4.78 is 39.1. The summed E-state index contributed by atoms with van der Waals surface area (Å²) in [7, 11) is -4.18. The molecule has 1 amide bonds. The summed E-state index contributed by atoms with van der Waals surface area (Å²) in [5, 5.41) is 12.9. The van der Waals surface area contributed by atoms with Crippen LogP contribution in [0.2, 0.25) is 0 Å². The molecule has 0 bridgehead atoms. The normalized spacial score (nSPS) is 12.1. The molecule has 0 saturated heterocycles. The van der Waals surface area contributed by atoms with Crippen molar-refractivity contribution in [3.8, 4) is 17.2 Å². The molecule has 1 heterocycles. The van der Waals surface area contributed by atoms with Gasteiger partial charge in [0, 0.05) is 23.8 Å². The number of ether oxygens (including phenoxy) is 2. The van der Waals surface area contributed by atoms with Crippen LogP contribution in [0, 0.1) is 0 Å². The molecule has 0 aliphatic carbocycles. The van der Waals surface area contributed by atoms with Gasteiger partial charge in [-0.05, 0) is 85.8 Å². The van der Waals surface area contributed by atoms with Crippen molar-refractivity contribution < 1.29 is 26.9 Å². The molecule has 1 aromatic heterocycles. The number of nitrogens with two attached hydrogens (primary N) is 2. The van der Waals surface area contributed by atoms with Crippen molar-refractivity contribution in [1.29, 1.82) is 0 Å². The fourth-order valence-corrected chi connectivity index (χ4v) is 4.59. The van der Waals surface area contributed by atoms with Crippen molar-refractivity contribution >= 4 is 38.5 Å². The van der Waals surface area contributed by atoms with E-state index in [0.29, 0.717) is 40.7 Å². The van der Waals surface area contributed by atoms with E-state index in [-0.39, 0.29) is 24.3 Å². The minimum atomic E-state index is -4.18. The van der Waals surface area contributed by atoms with E-state index in [9.17, 15) is 13.2 Å². The first-order valence-corrected chi connectivity index (χ1v) is 14.4. The zero-order valence-corrected chi connectivity index (χ0v) is 23.8. The van der Waals surface area contributed by atoms with E-state index < -0.39 is 16.3 Å². The number of carbonyl (C=O) groups is 1. The second-order valence-electron chi connectivity index (χ2n) is 9.46. The number of carbonyl (C=O) groups excluding carboxylic acids is 1. The Morgan fingerprint density at radius 1 is 1.02 bits per heavy atom. The van der Waals surface area contributed by atoms with E-state index in [1.165, 1.54) is 12.1 Å². The standard InChI is InChI=1S/C29H33N5O6S/c1-4-38-26-16-21(8-11-25(26)39-18(2)3)27(34-22-9-10-24-20(15-22)12-13-32-28(24)30)29(35)33-17-19-6-5-7-23(14-19)40-41(31,36)37/h5-16,18,27,34H,4,17H2,1-3H3,(H2,30,32)(H,33,35)(H2,31,36,37). The molecule has 12 heteroatoms. The predicted molar refractivity (Wildman–Crippen MR) is 158 cm³/mol. The molecule has 1 atom stereocenters. The number of nitrogen functional groups attached to an aromatic ring is 1. The third kappa shape index (κ3) is 7.99. The highest BCUT2D eigenvalue weighted by atomic mass is 32.2. The molecule has 4 aromatic rings. The summed E-state index contributed by atoms with van der Waals surface area (Å²) >= 11 is 0. The van der Waals surface area contributed by atoms with Crippen LogP contribution in [0.1, 0.15) is 37.9 Å². The lowest BCUT2D eigenvalue weighted by molar-refractivity contribution is -0.122. The van der Waals surface area contributed by atoms with Crippen molar-refractivity contribution in [3.63, 3.8) is 0 Å². The molecule has 6 N–H and O–H groups in total. The predicted octanol–water partition coefficient (Wildman–Crippen LogP) is 4.05. The fraction of sp³-hybridized carbons (Fsp3) is 0.241. The Kier molecular flexibility index (Phi) is 9.15. The highest BCUT2D eigenvalue weighted by molar-refractivity contribution is 7.84. The van der Waals surface area contributed by atoms with Gasteiger partial charge in [0.1, 0.15) is 17.6 Å². The smallest absolute Gasteiger partial charge is 0.380 e. The molecular weight excluding hydrogens is 546 g/mol. The first-order chi connectivity index (χ1) is 19.5. The largest absolute Gasteiger partial charge is 0.490 e. The lowest BCUT2D eigenvalue weighted by Crippen LogP contribution is -2.33. The van der Waals surface area contributed by atoms with Gasteiger partial charge in [-0.3, -0.25) is 4.79 Å². The molecule has 216 valence electrons. The van der Waals surface area contributed by atoms with Gasteiger partial charge in [0.05, 0.1) is 12.7 Å². The molecule has 0 radical (unpaired) electrons. The van der Waals surface area contributed by atoms with E-state index in [1.54, 1.807) is 36.5 Å². The molecule has 41 heavy (non-hydrogen) atoms. The molecule has 3 aromatic carbocycles. The van der Waals surface area contributed by atoms with Gasteiger partial charge >= 0.3 is 10.3 Å². The SMILES string of the molecule is CCOc1cc(C(Nc2ccc3c(N)nccc3c2)C(=O)NCc2cccc(OS(N)(=O)=O)c2)ccc1OC(C)C. The van der Waals surface area contributed by atoms with Gasteiger partial charge < -0.3 is 30.0 Å². The zero-order chi connectivity index (χ0) is 29.6. The molecule has 1 unspecified atom stereocenters. The van der Waals surface area contributed by atoms with Crippen molar-refractivity contribution in [1.82, 2.24) is 10.3 Å². The number of fused-ring (bicyclic) bond motifs is 1. The van der Waals surface area contributed by atoms with Crippen LogP contribution in [0.5, 0.6) is 17.2 Å². The maximum absolute atomic E-state index is 13.7. The van der Waals surface area contributed by atoms with Crippen LogP contribution in [-0.2, 0) is 21.6 Å². The zero-order valence-electron chi connectivity index (χ0n) is 23.0. The van der Waals surface area contributed by atoms with Gasteiger partial charge in [-0.2, -0.15) is 13.6 Å².